The molecule has 0 aromatic heterocycles. The molecule has 0 saturated heterocycles. The largest absolute Gasteiger partial charge is 0.251 e. The summed E-state index contributed by atoms with van der Waals surface area (Å²) in [6.45, 7) is -0.624. The molecule has 50 valence electrons. The summed E-state index contributed by atoms with van der Waals surface area (Å²) in [5.74, 6) is 0. The molecule has 0 aromatic carbocycles. The summed E-state index contributed by atoms with van der Waals surface area (Å²) in [5, 5.41) is -0.887. The van der Waals surface area contributed by atoms with Crippen LogP contribution in [0.1, 0.15) is 6.42 Å². The van der Waals surface area contributed by atoms with Crippen LogP contribution in [-0.4, -0.2) is 17.7 Å². The summed E-state index contributed by atoms with van der Waals surface area (Å²) in [6, 6.07) is 0. The molecule has 0 amide bonds. The first-order chi connectivity index (χ1) is 3.68. The molecule has 8 heavy (non-hydrogen) atoms. The van der Waals surface area contributed by atoms with E-state index < -0.39 is 17.7 Å². The summed E-state index contributed by atoms with van der Waals surface area (Å²) in [4.78, 5) is 0. The zero-order valence-corrected chi connectivity index (χ0v) is 5.59. The lowest BCUT2D eigenvalue weighted by Gasteiger charge is -2.03. The summed E-state index contributed by atoms with van der Waals surface area (Å²) in [6.07, 6.45) is -0.0216. The molecular weight excluding hydrogens is 157 g/mol. The van der Waals surface area contributed by atoms with E-state index in [9.17, 15) is 8.78 Å². The molecular formula is C4H6Cl2F2. The number of hydrogen-bond acceptors (Lipinski definition) is 0. The molecule has 0 bridgehead atoms. The maximum Gasteiger partial charge on any atom is 0.189 e. The van der Waals surface area contributed by atoms with Gasteiger partial charge in [-0.1, -0.05) is 11.6 Å². The Morgan fingerprint density at radius 2 is 1.88 bits per heavy atom. The molecule has 0 nitrogen and oxygen atoms in total. The van der Waals surface area contributed by atoms with Crippen molar-refractivity contribution in [3.8, 4) is 0 Å². The van der Waals surface area contributed by atoms with Gasteiger partial charge in [-0.15, -0.1) is 11.6 Å². The zero-order valence-electron chi connectivity index (χ0n) is 4.08. The summed E-state index contributed by atoms with van der Waals surface area (Å²) < 4.78 is 23.0. The van der Waals surface area contributed by atoms with Crippen LogP contribution in [0, 0.1) is 0 Å². The summed E-state index contributed by atoms with van der Waals surface area (Å²) in [7, 11) is 0. The van der Waals surface area contributed by atoms with Crippen LogP contribution in [0.25, 0.3) is 0 Å². The van der Waals surface area contributed by atoms with Crippen molar-refractivity contribution in [2.45, 2.75) is 17.4 Å². The van der Waals surface area contributed by atoms with Gasteiger partial charge in [-0.2, -0.15) is 0 Å². The minimum absolute atomic E-state index is 0.0216. The topological polar surface area (TPSA) is 0 Å². The Balaban J connectivity index is 3.17. The predicted octanol–water partition coefficient (Wildman–Crippen LogP) is 2.49. The fraction of sp³-hybridized carbons (Fsp3) is 1.00. The first-order valence-corrected chi connectivity index (χ1v) is 3.04. The molecule has 0 aliphatic heterocycles. The molecule has 0 radical (unpaired) electrons. The molecule has 0 aliphatic carbocycles. The molecule has 0 N–H and O–H groups in total. The van der Waals surface area contributed by atoms with E-state index in [4.69, 9.17) is 23.2 Å². The van der Waals surface area contributed by atoms with Gasteiger partial charge in [0.2, 0.25) is 0 Å². The second-order valence-corrected chi connectivity index (χ2v) is 2.31. The number of rotatable bonds is 3. The standard InChI is InChI=1S/C4H6Cl2F2/c5-3(1-2-7)4(6)8/h3-4H,1-2H2. The van der Waals surface area contributed by atoms with Crippen molar-refractivity contribution in [2.75, 3.05) is 6.67 Å². The lowest BCUT2D eigenvalue weighted by molar-refractivity contribution is 0.383. The van der Waals surface area contributed by atoms with Crippen molar-refractivity contribution in [3.63, 3.8) is 0 Å². The van der Waals surface area contributed by atoms with Crippen molar-refractivity contribution in [1.29, 1.82) is 0 Å². The molecule has 0 heterocycles. The highest BCUT2D eigenvalue weighted by molar-refractivity contribution is 6.29. The van der Waals surface area contributed by atoms with E-state index >= 15 is 0 Å². The summed E-state index contributed by atoms with van der Waals surface area (Å²) >= 11 is 10.0. The first kappa shape index (κ1) is 8.44. The number of hydrogen-bond donors (Lipinski definition) is 0. The number of halogens is 4. The van der Waals surface area contributed by atoms with Gasteiger partial charge in [-0.05, 0) is 6.42 Å². The van der Waals surface area contributed by atoms with E-state index in [0.717, 1.165) is 0 Å². The first-order valence-electron chi connectivity index (χ1n) is 2.16. The van der Waals surface area contributed by atoms with Gasteiger partial charge in [0.1, 0.15) is 0 Å². The van der Waals surface area contributed by atoms with Crippen LogP contribution >= 0.6 is 23.2 Å². The van der Waals surface area contributed by atoms with Crippen molar-refractivity contribution in [2.24, 2.45) is 0 Å². The highest BCUT2D eigenvalue weighted by atomic mass is 35.5. The number of alkyl halides is 4. The third kappa shape index (κ3) is 3.44. The van der Waals surface area contributed by atoms with Crippen LogP contribution in [0.15, 0.2) is 0 Å². The van der Waals surface area contributed by atoms with Gasteiger partial charge in [0.25, 0.3) is 0 Å². The molecule has 4 heteroatoms. The third-order valence-electron chi connectivity index (χ3n) is 0.658. The Bertz CT molecular complexity index is 58.0. The zero-order chi connectivity index (χ0) is 6.57. The van der Waals surface area contributed by atoms with Crippen LogP contribution in [0.5, 0.6) is 0 Å². The van der Waals surface area contributed by atoms with Crippen LogP contribution in [0.3, 0.4) is 0 Å². The van der Waals surface area contributed by atoms with Crippen molar-refractivity contribution in [1.82, 2.24) is 0 Å². The summed E-state index contributed by atoms with van der Waals surface area (Å²) in [5.41, 5.74) is -1.63. The monoisotopic (exact) mass is 162 g/mol. The fourth-order valence-electron chi connectivity index (χ4n) is 0.230. The molecule has 0 rings (SSSR count). The van der Waals surface area contributed by atoms with Gasteiger partial charge in [-0.25, -0.2) is 4.39 Å². The van der Waals surface area contributed by atoms with Crippen LogP contribution in [0.4, 0.5) is 8.78 Å². The smallest absolute Gasteiger partial charge is 0.189 e. The molecule has 2 atom stereocenters. The Kier molecular flexibility index (Phi) is 4.57. The Morgan fingerprint density at radius 1 is 1.38 bits per heavy atom. The third-order valence-corrected chi connectivity index (χ3v) is 1.53. The van der Waals surface area contributed by atoms with Gasteiger partial charge in [0.05, 0.1) is 12.1 Å². The Hall–Kier alpha value is 0.440. The molecule has 0 spiro atoms. The van der Waals surface area contributed by atoms with E-state index in [0.29, 0.717) is 0 Å². The minimum atomic E-state index is -1.63. The molecule has 2 unspecified atom stereocenters. The van der Waals surface area contributed by atoms with Crippen molar-refractivity contribution < 1.29 is 8.78 Å². The maximum atomic E-state index is 11.7. The van der Waals surface area contributed by atoms with E-state index in [1.165, 1.54) is 0 Å². The van der Waals surface area contributed by atoms with Gasteiger partial charge in [-0.3, -0.25) is 4.39 Å². The van der Waals surface area contributed by atoms with Crippen molar-refractivity contribution in [3.05, 3.63) is 0 Å². The Morgan fingerprint density at radius 3 is 2.00 bits per heavy atom. The highest BCUT2D eigenvalue weighted by Crippen LogP contribution is 2.14. The molecule has 0 saturated carbocycles. The molecule has 0 fully saturated rings. The lowest BCUT2D eigenvalue weighted by Crippen LogP contribution is -2.09. The highest BCUT2D eigenvalue weighted by Gasteiger charge is 2.13. The van der Waals surface area contributed by atoms with E-state index in [1.807, 2.05) is 0 Å². The normalized spacial score (nSPS) is 18.0. The van der Waals surface area contributed by atoms with Crippen LogP contribution in [0.2, 0.25) is 0 Å². The second kappa shape index (κ2) is 4.33. The lowest BCUT2D eigenvalue weighted by atomic mass is 10.3. The quantitative estimate of drug-likeness (QED) is 0.560. The predicted molar refractivity (Wildman–Crippen MR) is 31.0 cm³/mol. The van der Waals surface area contributed by atoms with E-state index in [2.05, 4.69) is 0 Å². The average molecular weight is 163 g/mol. The fourth-order valence-corrected chi connectivity index (χ4v) is 0.439. The second-order valence-electron chi connectivity index (χ2n) is 1.33. The van der Waals surface area contributed by atoms with Gasteiger partial charge >= 0.3 is 0 Å². The van der Waals surface area contributed by atoms with Gasteiger partial charge in [0, 0.05) is 0 Å². The molecule has 0 aliphatic rings. The van der Waals surface area contributed by atoms with Crippen LogP contribution in [-0.2, 0) is 0 Å². The average Bonchev–Trinajstić information content (AvgIpc) is 1.67. The minimum Gasteiger partial charge on any atom is -0.251 e. The SMILES string of the molecule is FCCC(Cl)C(F)Cl. The van der Waals surface area contributed by atoms with Crippen molar-refractivity contribution >= 4 is 23.2 Å². The van der Waals surface area contributed by atoms with Gasteiger partial charge in [0.15, 0.2) is 5.63 Å². The van der Waals surface area contributed by atoms with Crippen LogP contribution < -0.4 is 0 Å². The van der Waals surface area contributed by atoms with Gasteiger partial charge < -0.3 is 0 Å². The van der Waals surface area contributed by atoms with E-state index in [1.54, 1.807) is 0 Å². The Labute approximate surface area is 56.8 Å². The van der Waals surface area contributed by atoms with E-state index in [-0.39, 0.29) is 6.42 Å². The maximum absolute atomic E-state index is 11.7. The molecule has 0 aromatic rings.